The van der Waals surface area contributed by atoms with Gasteiger partial charge in [-0.15, -0.1) is 0 Å². The number of ether oxygens (including phenoxy) is 1. The second kappa shape index (κ2) is 10.3. The minimum Gasteiger partial charge on any atom is -0.493 e. The number of hydrogen-bond acceptors (Lipinski definition) is 6. The van der Waals surface area contributed by atoms with Gasteiger partial charge in [-0.25, -0.2) is 0 Å². The van der Waals surface area contributed by atoms with Gasteiger partial charge >= 0.3 is 10.1 Å². The fourth-order valence-electron chi connectivity index (χ4n) is 2.78. The van der Waals surface area contributed by atoms with Crippen molar-refractivity contribution in [2.75, 3.05) is 12.4 Å². The van der Waals surface area contributed by atoms with Crippen molar-refractivity contribution in [1.82, 2.24) is 0 Å². The molecule has 1 N–H and O–H groups in total. The SMILES string of the molecule is COc1cc(/C=C(\C#N)C(=O)Nc2ccccc2Br)ccc1OS(=O)(=O)c1ccc(C)cc1. The van der Waals surface area contributed by atoms with E-state index < -0.39 is 16.0 Å². The van der Waals surface area contributed by atoms with Crippen LogP contribution in [0.25, 0.3) is 6.08 Å². The molecule has 33 heavy (non-hydrogen) atoms. The van der Waals surface area contributed by atoms with E-state index in [1.54, 1.807) is 36.4 Å². The van der Waals surface area contributed by atoms with Crippen LogP contribution in [0.1, 0.15) is 11.1 Å². The van der Waals surface area contributed by atoms with E-state index in [0.717, 1.165) is 5.56 Å². The van der Waals surface area contributed by atoms with Crippen LogP contribution in [0.4, 0.5) is 5.69 Å². The first-order valence-corrected chi connectivity index (χ1v) is 11.8. The van der Waals surface area contributed by atoms with Gasteiger partial charge in [0.1, 0.15) is 16.5 Å². The number of benzene rings is 3. The van der Waals surface area contributed by atoms with E-state index in [1.165, 1.54) is 43.5 Å². The van der Waals surface area contributed by atoms with Gasteiger partial charge < -0.3 is 14.2 Å². The Balaban J connectivity index is 1.85. The van der Waals surface area contributed by atoms with Crippen molar-refractivity contribution in [3.63, 3.8) is 0 Å². The van der Waals surface area contributed by atoms with Gasteiger partial charge in [-0.2, -0.15) is 13.7 Å². The number of halogens is 1. The maximum Gasteiger partial charge on any atom is 0.339 e. The minimum atomic E-state index is -4.07. The van der Waals surface area contributed by atoms with Crippen LogP contribution in [-0.2, 0) is 14.9 Å². The summed E-state index contributed by atoms with van der Waals surface area (Å²) in [5.74, 6) is -0.486. The number of nitrogens with one attached hydrogen (secondary N) is 1. The molecule has 0 heterocycles. The first-order valence-electron chi connectivity index (χ1n) is 9.60. The topological polar surface area (TPSA) is 105 Å². The predicted molar refractivity (Wildman–Crippen MR) is 128 cm³/mol. The first kappa shape index (κ1) is 24.0. The molecule has 168 valence electrons. The summed E-state index contributed by atoms with van der Waals surface area (Å²) in [5, 5.41) is 12.1. The minimum absolute atomic E-state index is 0.00892. The van der Waals surface area contributed by atoms with Crippen molar-refractivity contribution in [3.8, 4) is 17.6 Å². The molecule has 0 bridgehead atoms. The lowest BCUT2D eigenvalue weighted by Crippen LogP contribution is -2.13. The Bertz CT molecular complexity index is 1360. The smallest absolute Gasteiger partial charge is 0.339 e. The number of para-hydroxylation sites is 1. The molecule has 0 saturated heterocycles. The highest BCUT2D eigenvalue weighted by atomic mass is 79.9. The summed E-state index contributed by atoms with van der Waals surface area (Å²) in [5.41, 5.74) is 1.74. The third-order valence-corrected chi connectivity index (χ3v) is 6.43. The molecule has 0 spiro atoms. The number of aryl methyl sites for hydroxylation is 1. The van der Waals surface area contributed by atoms with Gasteiger partial charge in [0.05, 0.1) is 12.8 Å². The molecule has 0 fully saturated rings. The molecule has 0 aliphatic rings. The largest absolute Gasteiger partial charge is 0.493 e. The molecule has 7 nitrogen and oxygen atoms in total. The number of hydrogen-bond donors (Lipinski definition) is 1. The number of carbonyl (C=O) groups is 1. The number of nitriles is 1. The monoisotopic (exact) mass is 526 g/mol. The number of amides is 1. The van der Waals surface area contributed by atoms with Crippen molar-refractivity contribution in [1.29, 1.82) is 5.26 Å². The summed E-state index contributed by atoms with van der Waals surface area (Å²) < 4.78 is 36.4. The highest BCUT2D eigenvalue weighted by Crippen LogP contribution is 2.32. The molecule has 0 aromatic heterocycles. The van der Waals surface area contributed by atoms with Crippen LogP contribution < -0.4 is 14.2 Å². The van der Waals surface area contributed by atoms with Gasteiger partial charge in [-0.3, -0.25) is 4.79 Å². The average Bonchev–Trinajstić information content (AvgIpc) is 2.79. The Labute approximate surface area is 200 Å². The van der Waals surface area contributed by atoms with Crippen LogP contribution in [0.5, 0.6) is 11.5 Å². The highest BCUT2D eigenvalue weighted by molar-refractivity contribution is 9.10. The lowest BCUT2D eigenvalue weighted by molar-refractivity contribution is -0.112. The Morgan fingerprint density at radius 1 is 1.06 bits per heavy atom. The lowest BCUT2D eigenvalue weighted by atomic mass is 10.1. The zero-order valence-corrected chi connectivity index (χ0v) is 20.1. The highest BCUT2D eigenvalue weighted by Gasteiger charge is 2.19. The maximum absolute atomic E-state index is 12.6. The molecular formula is C24H19BrN2O5S. The third kappa shape index (κ3) is 6.00. The van der Waals surface area contributed by atoms with Gasteiger partial charge in [-0.1, -0.05) is 35.9 Å². The molecular weight excluding hydrogens is 508 g/mol. The summed E-state index contributed by atoms with van der Waals surface area (Å²) >= 11 is 3.34. The van der Waals surface area contributed by atoms with Crippen molar-refractivity contribution < 1.29 is 22.1 Å². The molecule has 0 aliphatic carbocycles. The van der Waals surface area contributed by atoms with E-state index in [0.29, 0.717) is 15.7 Å². The van der Waals surface area contributed by atoms with Crippen LogP contribution in [0.15, 0.2) is 81.7 Å². The molecule has 9 heteroatoms. The van der Waals surface area contributed by atoms with Crippen molar-refractivity contribution >= 4 is 43.7 Å². The van der Waals surface area contributed by atoms with Crippen molar-refractivity contribution in [2.45, 2.75) is 11.8 Å². The Morgan fingerprint density at radius 3 is 2.39 bits per heavy atom. The molecule has 0 saturated carbocycles. The van der Waals surface area contributed by atoms with Gasteiger partial charge in [0.2, 0.25) is 0 Å². The second-order valence-corrected chi connectivity index (χ2v) is 9.27. The number of nitrogens with zero attached hydrogens (tertiary/aromatic N) is 1. The standard InChI is InChI=1S/C24H19BrN2O5S/c1-16-7-10-19(11-8-16)33(29,30)32-22-12-9-17(14-23(22)31-2)13-18(15-26)24(28)27-21-6-4-3-5-20(21)25/h3-14H,1-2H3,(H,27,28)/b18-13+. The van der Waals surface area contributed by atoms with Gasteiger partial charge in [0.15, 0.2) is 11.5 Å². The number of rotatable bonds is 7. The van der Waals surface area contributed by atoms with Crippen LogP contribution >= 0.6 is 15.9 Å². The van der Waals surface area contributed by atoms with E-state index in [9.17, 15) is 18.5 Å². The molecule has 0 radical (unpaired) electrons. The van der Waals surface area contributed by atoms with Crippen LogP contribution in [-0.4, -0.2) is 21.4 Å². The Hall–Kier alpha value is -3.61. The number of carbonyl (C=O) groups excluding carboxylic acids is 1. The summed E-state index contributed by atoms with van der Waals surface area (Å²) in [6.45, 7) is 1.85. The molecule has 3 aromatic rings. The normalized spacial score (nSPS) is 11.4. The molecule has 3 aromatic carbocycles. The Kier molecular flexibility index (Phi) is 7.53. The van der Waals surface area contributed by atoms with E-state index >= 15 is 0 Å². The zero-order chi connectivity index (χ0) is 24.0. The van der Waals surface area contributed by atoms with Crippen molar-refractivity contribution in [3.05, 3.63) is 87.9 Å². The fraction of sp³-hybridized carbons (Fsp3) is 0.0833. The van der Waals surface area contributed by atoms with Gasteiger partial charge in [-0.05, 0) is 70.9 Å². The summed E-state index contributed by atoms with van der Waals surface area (Å²) in [6, 6.07) is 19.5. The molecule has 3 rings (SSSR count). The fourth-order valence-corrected chi connectivity index (χ4v) is 4.11. The summed E-state index contributed by atoms with van der Waals surface area (Å²) in [6.07, 6.45) is 1.37. The van der Waals surface area contributed by atoms with Crippen molar-refractivity contribution in [2.24, 2.45) is 0 Å². The zero-order valence-electron chi connectivity index (χ0n) is 17.7. The van der Waals surface area contributed by atoms with E-state index in [4.69, 9.17) is 8.92 Å². The van der Waals surface area contributed by atoms with Crippen LogP contribution in [0.3, 0.4) is 0 Å². The predicted octanol–water partition coefficient (Wildman–Crippen LogP) is 5.08. The summed E-state index contributed by atoms with van der Waals surface area (Å²) in [7, 11) is -2.71. The molecule has 1 amide bonds. The van der Waals surface area contributed by atoms with E-state index in [2.05, 4.69) is 21.2 Å². The Morgan fingerprint density at radius 2 is 1.76 bits per heavy atom. The van der Waals surface area contributed by atoms with Crippen LogP contribution in [0.2, 0.25) is 0 Å². The van der Waals surface area contributed by atoms with Crippen LogP contribution in [0, 0.1) is 18.3 Å². The number of anilines is 1. The third-order valence-electron chi connectivity index (χ3n) is 4.49. The molecule has 0 aliphatic heterocycles. The number of methoxy groups -OCH3 is 1. The first-order chi connectivity index (χ1) is 15.7. The lowest BCUT2D eigenvalue weighted by Gasteiger charge is -2.12. The van der Waals surface area contributed by atoms with Gasteiger partial charge in [0, 0.05) is 4.47 Å². The summed E-state index contributed by atoms with van der Waals surface area (Å²) in [4.78, 5) is 12.5. The maximum atomic E-state index is 12.6. The van der Waals surface area contributed by atoms with Gasteiger partial charge in [0.25, 0.3) is 5.91 Å². The second-order valence-electron chi connectivity index (χ2n) is 6.86. The quantitative estimate of drug-likeness (QED) is 0.261. The molecule has 0 atom stereocenters. The van der Waals surface area contributed by atoms with E-state index in [-0.39, 0.29) is 22.0 Å². The van der Waals surface area contributed by atoms with E-state index in [1.807, 2.05) is 13.0 Å². The molecule has 0 unspecified atom stereocenters. The average molecular weight is 527 g/mol.